The molecule has 0 amide bonds. The van der Waals surface area contributed by atoms with Gasteiger partial charge in [-0.1, -0.05) is 141 Å². The maximum atomic E-state index is 6.90. The Morgan fingerprint density at radius 1 is 0.375 bits per heavy atom. The van der Waals surface area contributed by atoms with Crippen LogP contribution in [-0.4, -0.2) is 9.97 Å². The molecule has 6 aromatic carbocycles. The smallest absolute Gasteiger partial charge is 0.227 e. The Labute approximate surface area is 379 Å². The summed E-state index contributed by atoms with van der Waals surface area (Å²) < 4.78 is 13.7. The summed E-state index contributed by atoms with van der Waals surface area (Å²) in [5.74, 6) is 1.41. The average Bonchev–Trinajstić information content (AvgIpc) is 4.09. The lowest BCUT2D eigenvalue weighted by Gasteiger charge is -2.32. The molecule has 0 aliphatic heterocycles. The fraction of sp³-hybridized carbons (Fsp3) is 0.367. The predicted octanol–water partition coefficient (Wildman–Crippen LogP) is 17.2. The van der Waals surface area contributed by atoms with Gasteiger partial charge in [0.2, 0.25) is 11.8 Å². The number of aromatic nitrogens is 2. The van der Waals surface area contributed by atoms with Gasteiger partial charge in [0.25, 0.3) is 0 Å². The zero-order valence-electron chi connectivity index (χ0n) is 39.0. The third-order valence-corrected chi connectivity index (χ3v) is 15.8. The minimum atomic E-state index is -0.153. The van der Waals surface area contributed by atoms with E-state index in [9.17, 15) is 0 Å². The summed E-state index contributed by atoms with van der Waals surface area (Å²) in [4.78, 5) is 10.6. The first-order valence-corrected chi connectivity index (χ1v) is 24.7. The van der Waals surface area contributed by atoms with Crippen LogP contribution in [0.4, 0.5) is 0 Å². The molecule has 2 aromatic heterocycles. The van der Waals surface area contributed by atoms with Crippen molar-refractivity contribution in [2.75, 3.05) is 0 Å². The topological polar surface area (TPSA) is 52.1 Å². The van der Waals surface area contributed by atoms with E-state index in [1.165, 1.54) is 72.3 Å². The molecule has 0 saturated heterocycles. The molecule has 64 heavy (non-hydrogen) atoms. The average molecular weight is 843 g/mol. The molecule has 0 saturated carbocycles. The highest BCUT2D eigenvalue weighted by molar-refractivity contribution is 5.93. The van der Waals surface area contributed by atoms with Crippen molar-refractivity contribution < 1.29 is 8.83 Å². The zero-order chi connectivity index (χ0) is 44.0. The summed E-state index contributed by atoms with van der Waals surface area (Å²) in [6, 6.07) is 39.3. The Balaban J connectivity index is 1.01. The summed E-state index contributed by atoms with van der Waals surface area (Å²) in [6.07, 6.45) is 13.3. The number of hydrogen-bond donors (Lipinski definition) is 0. The van der Waals surface area contributed by atoms with E-state index >= 15 is 0 Å². The van der Waals surface area contributed by atoms with Crippen molar-refractivity contribution in [3.05, 3.63) is 142 Å². The maximum absolute atomic E-state index is 6.90. The van der Waals surface area contributed by atoms with Gasteiger partial charge in [0, 0.05) is 27.4 Å². The van der Waals surface area contributed by atoms with Crippen LogP contribution in [0.25, 0.3) is 78.5 Å². The van der Waals surface area contributed by atoms with Crippen molar-refractivity contribution in [3.63, 3.8) is 0 Å². The lowest BCUT2D eigenvalue weighted by Crippen LogP contribution is -2.25. The molecule has 3 aliphatic rings. The highest BCUT2D eigenvalue weighted by Gasteiger charge is 2.45. The maximum Gasteiger partial charge on any atom is 0.227 e. The number of nitrogens with zero attached hydrogens (tertiary/aromatic N) is 2. The minimum absolute atomic E-state index is 0.00391. The van der Waals surface area contributed by atoms with Gasteiger partial charge in [-0.3, -0.25) is 0 Å². The Bertz CT molecular complexity index is 3100. The van der Waals surface area contributed by atoms with Gasteiger partial charge < -0.3 is 8.83 Å². The molecule has 8 aromatic rings. The van der Waals surface area contributed by atoms with Gasteiger partial charge in [-0.15, -0.1) is 0 Å². The van der Waals surface area contributed by atoms with Crippen molar-refractivity contribution in [2.45, 2.75) is 142 Å². The fourth-order valence-corrected chi connectivity index (χ4v) is 13.5. The highest BCUT2D eigenvalue weighted by Crippen LogP contribution is 2.58. The molecule has 0 bridgehead atoms. The molecular formula is C60H62N2O2. The highest BCUT2D eigenvalue weighted by atomic mass is 16.4. The number of benzene rings is 6. The molecule has 0 spiro atoms. The summed E-state index contributed by atoms with van der Waals surface area (Å²) in [7, 11) is 0. The Morgan fingerprint density at radius 2 is 0.781 bits per heavy atom. The zero-order valence-corrected chi connectivity index (χ0v) is 39.0. The van der Waals surface area contributed by atoms with Crippen LogP contribution in [-0.2, 0) is 16.2 Å². The van der Waals surface area contributed by atoms with Gasteiger partial charge >= 0.3 is 0 Å². The molecule has 0 N–H and O–H groups in total. The fourth-order valence-electron chi connectivity index (χ4n) is 13.5. The van der Waals surface area contributed by atoms with Crippen LogP contribution >= 0.6 is 0 Å². The first kappa shape index (κ1) is 41.0. The predicted molar refractivity (Wildman–Crippen MR) is 265 cm³/mol. The number of fused-ring (bicyclic) bond motifs is 11. The molecule has 11 rings (SSSR count). The van der Waals surface area contributed by atoms with E-state index in [1.54, 1.807) is 0 Å². The standard InChI is InChI=1S/C60H62N2O2/c1-8-24-58(25-9-2)46-20-16-14-18-39(46)44-33-52-54(35-50(44)58)63-56(61-52)38-22-23-41-43-30-37(7)42(32-49(43)60(28-12-5,29-13-6)48(41)31-38)57-62-53-34-45-40-19-15-17-21-47(40)59(26-10-3,27-11-4)51(45)36-55(53)64-57/h14-23,30-36H,8-13,24-29H2,1-7H3. The van der Waals surface area contributed by atoms with Crippen LogP contribution < -0.4 is 0 Å². The van der Waals surface area contributed by atoms with Gasteiger partial charge in [-0.05, 0) is 160 Å². The van der Waals surface area contributed by atoms with E-state index in [1.807, 2.05) is 0 Å². The summed E-state index contributed by atoms with van der Waals surface area (Å²) in [6.45, 7) is 16.2. The first-order valence-electron chi connectivity index (χ1n) is 24.7. The summed E-state index contributed by atoms with van der Waals surface area (Å²) in [5.41, 5.74) is 23.3. The SMILES string of the molecule is CCCC1(CCC)c2cc(-c3nc4cc5c(cc4o3)C(CCC)(CCC)c3ccccc3-5)ccc2-c2cc(C)c(-c3nc4cc5c(cc4o3)C(CCC)(CCC)c3ccccc3-5)cc21. The number of aryl methyl sites for hydroxylation is 1. The van der Waals surface area contributed by atoms with Crippen molar-refractivity contribution >= 4 is 22.2 Å². The minimum Gasteiger partial charge on any atom is -0.436 e. The van der Waals surface area contributed by atoms with Crippen LogP contribution in [0.3, 0.4) is 0 Å². The van der Waals surface area contributed by atoms with E-state index in [4.69, 9.17) is 18.8 Å². The normalized spacial score (nSPS) is 15.6. The lowest BCUT2D eigenvalue weighted by molar-refractivity contribution is 0.435. The van der Waals surface area contributed by atoms with Crippen LogP contribution in [0.2, 0.25) is 0 Å². The van der Waals surface area contributed by atoms with Crippen LogP contribution in [0, 0.1) is 6.92 Å². The number of oxazole rings is 2. The number of hydrogen-bond acceptors (Lipinski definition) is 4. The second-order valence-electron chi connectivity index (χ2n) is 19.6. The second-order valence-corrected chi connectivity index (χ2v) is 19.6. The van der Waals surface area contributed by atoms with Crippen molar-refractivity contribution in [1.82, 2.24) is 9.97 Å². The van der Waals surface area contributed by atoms with E-state index in [-0.39, 0.29) is 16.2 Å². The molecule has 0 radical (unpaired) electrons. The quantitative estimate of drug-likeness (QED) is 0.109. The van der Waals surface area contributed by atoms with Crippen LogP contribution in [0.1, 0.15) is 158 Å². The lowest BCUT2D eigenvalue weighted by atomic mass is 9.71. The van der Waals surface area contributed by atoms with Gasteiger partial charge in [0.05, 0.1) is 0 Å². The van der Waals surface area contributed by atoms with Gasteiger partial charge in [0.15, 0.2) is 11.2 Å². The van der Waals surface area contributed by atoms with E-state index in [2.05, 4.69) is 152 Å². The van der Waals surface area contributed by atoms with E-state index < -0.39 is 0 Å². The second kappa shape index (κ2) is 15.5. The summed E-state index contributed by atoms with van der Waals surface area (Å²) in [5, 5.41) is 0. The molecule has 0 unspecified atom stereocenters. The van der Waals surface area contributed by atoms with Gasteiger partial charge in [-0.2, -0.15) is 0 Å². The molecule has 4 nitrogen and oxygen atoms in total. The van der Waals surface area contributed by atoms with E-state index in [0.29, 0.717) is 11.8 Å². The van der Waals surface area contributed by atoms with Crippen molar-refractivity contribution in [3.8, 4) is 56.3 Å². The molecule has 0 fully saturated rings. The first-order chi connectivity index (χ1) is 31.3. The molecular weight excluding hydrogens is 781 g/mol. The summed E-state index contributed by atoms with van der Waals surface area (Å²) >= 11 is 0. The third kappa shape index (κ3) is 5.72. The van der Waals surface area contributed by atoms with Crippen molar-refractivity contribution in [2.24, 2.45) is 0 Å². The van der Waals surface area contributed by atoms with Gasteiger partial charge in [0.1, 0.15) is 11.0 Å². The third-order valence-electron chi connectivity index (χ3n) is 15.8. The number of rotatable bonds is 14. The molecule has 3 aliphatic carbocycles. The Morgan fingerprint density at radius 3 is 1.30 bits per heavy atom. The van der Waals surface area contributed by atoms with Crippen LogP contribution in [0.5, 0.6) is 0 Å². The molecule has 4 heteroatoms. The molecule has 0 atom stereocenters. The molecule has 324 valence electrons. The Kier molecular flexibility index (Phi) is 9.91. The van der Waals surface area contributed by atoms with Crippen molar-refractivity contribution in [1.29, 1.82) is 0 Å². The Hall–Kier alpha value is -5.74. The largest absolute Gasteiger partial charge is 0.436 e. The van der Waals surface area contributed by atoms with Crippen LogP contribution in [0.15, 0.2) is 112 Å². The van der Waals surface area contributed by atoms with E-state index in [0.717, 1.165) is 110 Å². The monoisotopic (exact) mass is 842 g/mol. The van der Waals surface area contributed by atoms with Gasteiger partial charge in [-0.25, -0.2) is 9.97 Å². The molecule has 2 heterocycles.